The molecule has 0 radical (unpaired) electrons. The van der Waals surface area contributed by atoms with Gasteiger partial charge in [-0.3, -0.25) is 19.3 Å². The number of hydrogen-bond donors (Lipinski definition) is 1. The summed E-state index contributed by atoms with van der Waals surface area (Å²) in [6.07, 6.45) is 1.46. The minimum absolute atomic E-state index is 0.0172. The van der Waals surface area contributed by atoms with Crippen molar-refractivity contribution >= 4 is 23.4 Å². The molecule has 0 aliphatic carbocycles. The van der Waals surface area contributed by atoms with Gasteiger partial charge < -0.3 is 9.73 Å². The van der Waals surface area contributed by atoms with E-state index in [2.05, 4.69) is 5.32 Å². The van der Waals surface area contributed by atoms with E-state index in [1.807, 2.05) is 0 Å². The van der Waals surface area contributed by atoms with Crippen LogP contribution in [0.3, 0.4) is 0 Å². The zero-order chi connectivity index (χ0) is 19.8. The summed E-state index contributed by atoms with van der Waals surface area (Å²) in [5, 5.41) is 2.63. The fourth-order valence-corrected chi connectivity index (χ4v) is 3.06. The number of benzene rings is 2. The Morgan fingerprint density at radius 1 is 1.07 bits per heavy atom. The molecule has 1 aromatic heterocycles. The lowest BCUT2D eigenvalue weighted by molar-refractivity contribution is 0.0631. The number of halogens is 1. The standard InChI is InChI=1S/C21H15FN2O4/c1-12-4-6-14(22)10-18(12)23-19(25)13-5-7-16-17(9-13)21(27)24(20(16)26)11-15-3-2-8-28-15/h2-10H,11H2,1H3,(H,23,25). The SMILES string of the molecule is Cc1ccc(F)cc1NC(=O)c1ccc2c(c1)C(=O)N(Cc1ccco1)C2=O. The van der Waals surface area contributed by atoms with Gasteiger partial charge in [-0.1, -0.05) is 6.07 Å². The predicted octanol–water partition coefficient (Wildman–Crippen LogP) is 3.78. The summed E-state index contributed by atoms with van der Waals surface area (Å²) in [6.45, 7) is 1.76. The highest BCUT2D eigenvalue weighted by Crippen LogP contribution is 2.26. The number of hydrogen-bond acceptors (Lipinski definition) is 4. The van der Waals surface area contributed by atoms with Crippen LogP contribution in [0.15, 0.2) is 59.2 Å². The summed E-state index contributed by atoms with van der Waals surface area (Å²) in [4.78, 5) is 38.8. The van der Waals surface area contributed by atoms with Gasteiger partial charge in [-0.15, -0.1) is 0 Å². The molecular formula is C21H15FN2O4. The molecule has 0 spiro atoms. The Labute approximate surface area is 159 Å². The van der Waals surface area contributed by atoms with Crippen LogP contribution in [0.5, 0.6) is 0 Å². The first-order valence-electron chi connectivity index (χ1n) is 8.54. The molecular weight excluding hydrogens is 363 g/mol. The van der Waals surface area contributed by atoms with Crippen LogP contribution in [0, 0.1) is 12.7 Å². The van der Waals surface area contributed by atoms with E-state index < -0.39 is 23.5 Å². The Morgan fingerprint density at radius 3 is 2.61 bits per heavy atom. The van der Waals surface area contributed by atoms with Gasteiger partial charge in [0, 0.05) is 11.3 Å². The van der Waals surface area contributed by atoms with E-state index in [4.69, 9.17) is 4.42 Å². The molecule has 3 amide bonds. The van der Waals surface area contributed by atoms with Crippen molar-refractivity contribution in [1.82, 2.24) is 4.90 Å². The predicted molar refractivity (Wildman–Crippen MR) is 98.4 cm³/mol. The maximum atomic E-state index is 13.4. The first-order valence-corrected chi connectivity index (χ1v) is 8.54. The number of furan rings is 1. The number of amides is 3. The summed E-state index contributed by atoms with van der Waals surface area (Å²) in [7, 11) is 0. The van der Waals surface area contributed by atoms with Gasteiger partial charge in [0.25, 0.3) is 17.7 Å². The average Bonchev–Trinajstić information content (AvgIpc) is 3.27. The van der Waals surface area contributed by atoms with E-state index >= 15 is 0 Å². The molecule has 3 aromatic rings. The Kier molecular flexibility index (Phi) is 4.27. The van der Waals surface area contributed by atoms with E-state index in [1.165, 1.54) is 36.6 Å². The molecule has 1 aliphatic rings. The number of fused-ring (bicyclic) bond motifs is 1. The first-order chi connectivity index (χ1) is 13.4. The van der Waals surface area contributed by atoms with E-state index in [0.29, 0.717) is 17.0 Å². The fraction of sp³-hybridized carbons (Fsp3) is 0.0952. The number of imide groups is 1. The zero-order valence-corrected chi connectivity index (χ0v) is 14.9. The first kappa shape index (κ1) is 17.7. The molecule has 4 rings (SSSR count). The second-order valence-corrected chi connectivity index (χ2v) is 6.45. The number of rotatable bonds is 4. The third-order valence-electron chi connectivity index (χ3n) is 4.57. The minimum Gasteiger partial charge on any atom is -0.467 e. The summed E-state index contributed by atoms with van der Waals surface area (Å²) >= 11 is 0. The highest BCUT2D eigenvalue weighted by atomic mass is 19.1. The summed E-state index contributed by atoms with van der Waals surface area (Å²) < 4.78 is 18.6. The number of nitrogens with zero attached hydrogens (tertiary/aromatic N) is 1. The van der Waals surface area contributed by atoms with Crippen molar-refractivity contribution in [2.24, 2.45) is 0 Å². The number of nitrogens with one attached hydrogen (secondary N) is 1. The van der Waals surface area contributed by atoms with Gasteiger partial charge in [0.2, 0.25) is 0 Å². The third-order valence-corrected chi connectivity index (χ3v) is 4.57. The quantitative estimate of drug-likeness (QED) is 0.701. The zero-order valence-electron chi connectivity index (χ0n) is 14.9. The normalized spacial score (nSPS) is 13.0. The molecule has 1 aliphatic heterocycles. The molecule has 0 unspecified atom stereocenters. The maximum Gasteiger partial charge on any atom is 0.261 e. The van der Waals surface area contributed by atoms with Crippen LogP contribution >= 0.6 is 0 Å². The van der Waals surface area contributed by atoms with Crippen LogP contribution < -0.4 is 5.32 Å². The highest BCUT2D eigenvalue weighted by molar-refractivity contribution is 6.22. The Balaban J connectivity index is 1.59. The smallest absolute Gasteiger partial charge is 0.261 e. The second-order valence-electron chi connectivity index (χ2n) is 6.45. The third kappa shape index (κ3) is 3.07. The molecule has 28 heavy (non-hydrogen) atoms. The molecule has 0 fully saturated rings. The molecule has 0 bridgehead atoms. The van der Waals surface area contributed by atoms with Gasteiger partial charge in [-0.2, -0.15) is 0 Å². The van der Waals surface area contributed by atoms with Crippen molar-refractivity contribution in [2.45, 2.75) is 13.5 Å². The van der Waals surface area contributed by atoms with Crippen molar-refractivity contribution in [3.8, 4) is 0 Å². The van der Waals surface area contributed by atoms with Crippen LogP contribution in [0.1, 0.15) is 42.4 Å². The number of anilines is 1. The summed E-state index contributed by atoms with van der Waals surface area (Å²) in [6, 6.07) is 11.7. The van der Waals surface area contributed by atoms with E-state index in [0.717, 1.165) is 4.90 Å². The summed E-state index contributed by atoms with van der Waals surface area (Å²) in [5.41, 5.74) is 1.62. The number of carbonyl (C=O) groups excluding carboxylic acids is 3. The van der Waals surface area contributed by atoms with Gasteiger partial charge >= 0.3 is 0 Å². The number of carbonyl (C=O) groups is 3. The Hall–Kier alpha value is -3.74. The van der Waals surface area contributed by atoms with Gasteiger partial charge in [0.15, 0.2) is 0 Å². The molecule has 6 nitrogen and oxygen atoms in total. The molecule has 7 heteroatoms. The molecule has 2 aromatic carbocycles. The molecule has 2 heterocycles. The monoisotopic (exact) mass is 378 g/mol. The van der Waals surface area contributed by atoms with Crippen molar-refractivity contribution in [3.63, 3.8) is 0 Å². The van der Waals surface area contributed by atoms with Crippen molar-refractivity contribution in [1.29, 1.82) is 0 Å². The largest absolute Gasteiger partial charge is 0.467 e. The maximum absolute atomic E-state index is 13.4. The lowest BCUT2D eigenvalue weighted by Crippen LogP contribution is -2.28. The van der Waals surface area contributed by atoms with Gasteiger partial charge in [0.1, 0.15) is 11.6 Å². The lowest BCUT2D eigenvalue weighted by atomic mass is 10.0. The van der Waals surface area contributed by atoms with E-state index in [-0.39, 0.29) is 23.2 Å². The van der Waals surface area contributed by atoms with Crippen LogP contribution in [0.4, 0.5) is 10.1 Å². The lowest BCUT2D eigenvalue weighted by Gasteiger charge is -2.11. The van der Waals surface area contributed by atoms with E-state index in [1.54, 1.807) is 25.1 Å². The topological polar surface area (TPSA) is 79.6 Å². The fourth-order valence-electron chi connectivity index (χ4n) is 3.06. The Bertz CT molecular complexity index is 1110. The van der Waals surface area contributed by atoms with Crippen LogP contribution in [0.25, 0.3) is 0 Å². The average molecular weight is 378 g/mol. The van der Waals surface area contributed by atoms with E-state index in [9.17, 15) is 18.8 Å². The molecule has 140 valence electrons. The second kappa shape index (κ2) is 6.77. The number of aryl methyl sites for hydroxylation is 1. The minimum atomic E-state index is -0.499. The van der Waals surface area contributed by atoms with Gasteiger partial charge in [0.05, 0.1) is 23.9 Å². The van der Waals surface area contributed by atoms with Crippen LogP contribution in [-0.4, -0.2) is 22.6 Å². The Morgan fingerprint density at radius 2 is 1.86 bits per heavy atom. The van der Waals surface area contributed by atoms with Gasteiger partial charge in [-0.25, -0.2) is 4.39 Å². The molecule has 0 atom stereocenters. The molecule has 0 saturated heterocycles. The van der Waals surface area contributed by atoms with Crippen molar-refractivity contribution < 1.29 is 23.2 Å². The molecule has 1 N–H and O–H groups in total. The van der Waals surface area contributed by atoms with Crippen LogP contribution in [0.2, 0.25) is 0 Å². The molecule has 0 saturated carbocycles. The van der Waals surface area contributed by atoms with Gasteiger partial charge in [-0.05, 0) is 55.0 Å². The van der Waals surface area contributed by atoms with Crippen LogP contribution in [-0.2, 0) is 6.54 Å². The van der Waals surface area contributed by atoms with Crippen molar-refractivity contribution in [2.75, 3.05) is 5.32 Å². The summed E-state index contributed by atoms with van der Waals surface area (Å²) in [5.74, 6) is -1.42. The van der Waals surface area contributed by atoms with Crippen molar-refractivity contribution in [3.05, 3.63) is 88.6 Å². The highest BCUT2D eigenvalue weighted by Gasteiger charge is 2.36.